The number of nitrogens with zero attached hydrogens (tertiary/aromatic N) is 1. The van der Waals surface area contributed by atoms with Crippen molar-refractivity contribution in [1.29, 1.82) is 0 Å². The van der Waals surface area contributed by atoms with E-state index in [1.807, 2.05) is 18.2 Å². The number of anilines is 1. The lowest BCUT2D eigenvalue weighted by atomic mass is 9.78. The van der Waals surface area contributed by atoms with Gasteiger partial charge < -0.3 is 0 Å². The molecule has 1 aromatic heterocycles. The predicted molar refractivity (Wildman–Crippen MR) is 95.7 cm³/mol. The molecule has 4 nitrogen and oxygen atoms in total. The number of Topliss-reactive ketones (excluding diaryl/α,β-unsaturated/α-hetero) is 1. The number of hydrogen-bond acceptors (Lipinski definition) is 4. The molecule has 1 amide bonds. The van der Waals surface area contributed by atoms with Crippen LogP contribution in [0.1, 0.15) is 46.0 Å². The van der Waals surface area contributed by atoms with Crippen molar-refractivity contribution in [2.45, 2.75) is 26.7 Å². The Hall–Kier alpha value is -1.28. The Labute approximate surface area is 146 Å². The number of ketones is 1. The lowest BCUT2D eigenvalue weighted by Gasteiger charge is -2.26. The van der Waals surface area contributed by atoms with Crippen LogP contribution >= 0.6 is 33.9 Å². The van der Waals surface area contributed by atoms with Gasteiger partial charge in [-0.25, -0.2) is 4.98 Å². The molecule has 6 heteroatoms. The number of thiazole rings is 1. The van der Waals surface area contributed by atoms with Crippen LogP contribution in [0.5, 0.6) is 0 Å². The fourth-order valence-corrected chi connectivity index (χ4v) is 4.03. The molecule has 0 radical (unpaired) electrons. The van der Waals surface area contributed by atoms with Gasteiger partial charge in [0.25, 0.3) is 5.91 Å². The molecule has 0 saturated carbocycles. The van der Waals surface area contributed by atoms with Crippen molar-refractivity contribution in [2.24, 2.45) is 5.41 Å². The number of fused-ring (bicyclic) bond motifs is 1. The summed E-state index contributed by atoms with van der Waals surface area (Å²) >= 11 is 3.45. The highest BCUT2D eigenvalue weighted by Crippen LogP contribution is 2.38. The third-order valence-corrected chi connectivity index (χ3v) is 5.27. The molecule has 0 spiro atoms. The second-order valence-corrected chi connectivity index (χ2v) is 8.44. The standard InChI is InChI=1S/C16H15IN2O2S/c1-16(2)7-11-13(12(20)8-16)22-15(18-11)19-14(21)9-4-3-5-10(17)6-9/h3-6H,7-8H2,1-2H3,(H,18,19,21). The first-order valence-corrected chi connectivity index (χ1v) is 8.83. The lowest BCUT2D eigenvalue weighted by Crippen LogP contribution is -2.26. The van der Waals surface area contributed by atoms with E-state index < -0.39 is 0 Å². The monoisotopic (exact) mass is 426 g/mol. The maximum atomic E-state index is 12.3. The summed E-state index contributed by atoms with van der Waals surface area (Å²) in [5.74, 6) is -0.0742. The maximum Gasteiger partial charge on any atom is 0.257 e. The molecule has 1 heterocycles. The zero-order valence-corrected chi connectivity index (χ0v) is 15.2. The van der Waals surface area contributed by atoms with Crippen LogP contribution in [0.2, 0.25) is 0 Å². The number of amides is 1. The van der Waals surface area contributed by atoms with Crippen molar-refractivity contribution in [1.82, 2.24) is 4.98 Å². The van der Waals surface area contributed by atoms with Gasteiger partial charge in [0, 0.05) is 15.6 Å². The van der Waals surface area contributed by atoms with Gasteiger partial charge in [-0.3, -0.25) is 14.9 Å². The van der Waals surface area contributed by atoms with E-state index in [-0.39, 0.29) is 17.1 Å². The number of carbonyl (C=O) groups excluding carboxylic acids is 2. The Balaban J connectivity index is 1.83. The normalized spacial score (nSPS) is 16.2. The van der Waals surface area contributed by atoms with Crippen molar-refractivity contribution >= 4 is 50.7 Å². The van der Waals surface area contributed by atoms with Crippen LogP contribution in [0.4, 0.5) is 5.13 Å². The molecule has 22 heavy (non-hydrogen) atoms. The molecule has 0 fully saturated rings. The van der Waals surface area contributed by atoms with E-state index in [0.29, 0.717) is 22.0 Å². The number of nitrogens with one attached hydrogen (secondary N) is 1. The number of rotatable bonds is 2. The zero-order chi connectivity index (χ0) is 15.9. The number of hydrogen-bond donors (Lipinski definition) is 1. The average Bonchev–Trinajstić information content (AvgIpc) is 2.80. The molecule has 114 valence electrons. The molecule has 0 saturated heterocycles. The van der Waals surface area contributed by atoms with Crippen LogP contribution in [-0.2, 0) is 6.42 Å². The SMILES string of the molecule is CC1(C)CC(=O)c2sc(NC(=O)c3cccc(I)c3)nc2C1. The first kappa shape index (κ1) is 15.6. The maximum absolute atomic E-state index is 12.3. The highest BCUT2D eigenvalue weighted by Gasteiger charge is 2.34. The Morgan fingerprint density at radius 1 is 1.36 bits per heavy atom. The van der Waals surface area contributed by atoms with E-state index in [9.17, 15) is 9.59 Å². The average molecular weight is 426 g/mol. The van der Waals surface area contributed by atoms with Gasteiger partial charge in [-0.05, 0) is 52.6 Å². The van der Waals surface area contributed by atoms with Crippen molar-refractivity contribution in [3.05, 3.63) is 44.0 Å². The Morgan fingerprint density at radius 2 is 2.14 bits per heavy atom. The van der Waals surface area contributed by atoms with Crippen LogP contribution < -0.4 is 5.32 Å². The van der Waals surface area contributed by atoms with Crippen LogP contribution in [-0.4, -0.2) is 16.7 Å². The van der Waals surface area contributed by atoms with Gasteiger partial charge >= 0.3 is 0 Å². The lowest BCUT2D eigenvalue weighted by molar-refractivity contribution is 0.0915. The largest absolute Gasteiger partial charge is 0.298 e. The highest BCUT2D eigenvalue weighted by molar-refractivity contribution is 14.1. The van der Waals surface area contributed by atoms with E-state index in [2.05, 4.69) is 46.7 Å². The topological polar surface area (TPSA) is 59.1 Å². The van der Waals surface area contributed by atoms with E-state index in [1.54, 1.807) is 6.07 Å². The molecule has 0 unspecified atom stereocenters. The van der Waals surface area contributed by atoms with Gasteiger partial charge in [-0.2, -0.15) is 0 Å². The minimum atomic E-state index is -0.198. The van der Waals surface area contributed by atoms with Crippen LogP contribution in [0.3, 0.4) is 0 Å². The summed E-state index contributed by atoms with van der Waals surface area (Å²) < 4.78 is 1.00. The molecule has 0 aliphatic heterocycles. The minimum absolute atomic E-state index is 0.0605. The van der Waals surface area contributed by atoms with Crippen LogP contribution in [0.15, 0.2) is 24.3 Å². The quantitative estimate of drug-likeness (QED) is 0.734. The Morgan fingerprint density at radius 3 is 2.86 bits per heavy atom. The van der Waals surface area contributed by atoms with Gasteiger partial charge in [-0.15, -0.1) is 0 Å². The zero-order valence-electron chi connectivity index (χ0n) is 12.3. The summed E-state index contributed by atoms with van der Waals surface area (Å²) in [4.78, 5) is 29.6. The van der Waals surface area contributed by atoms with Crippen molar-refractivity contribution in [3.8, 4) is 0 Å². The third-order valence-electron chi connectivity index (χ3n) is 3.54. The van der Waals surface area contributed by atoms with E-state index in [4.69, 9.17) is 0 Å². The molecule has 1 aliphatic carbocycles. The van der Waals surface area contributed by atoms with E-state index in [0.717, 1.165) is 15.7 Å². The second-order valence-electron chi connectivity index (χ2n) is 6.20. The first-order valence-electron chi connectivity index (χ1n) is 6.94. The summed E-state index contributed by atoms with van der Waals surface area (Å²) in [6, 6.07) is 7.35. The molecule has 3 rings (SSSR count). The van der Waals surface area contributed by atoms with Crippen molar-refractivity contribution < 1.29 is 9.59 Å². The smallest absolute Gasteiger partial charge is 0.257 e. The van der Waals surface area contributed by atoms with Crippen LogP contribution in [0, 0.1) is 8.99 Å². The first-order chi connectivity index (χ1) is 10.3. The Bertz CT molecular complexity index is 767. The Kier molecular flexibility index (Phi) is 4.07. The fourth-order valence-electron chi connectivity index (χ4n) is 2.57. The van der Waals surface area contributed by atoms with Gasteiger partial charge in [0.1, 0.15) is 0 Å². The number of halogens is 1. The van der Waals surface area contributed by atoms with Gasteiger partial charge in [-0.1, -0.05) is 31.3 Å². The van der Waals surface area contributed by atoms with E-state index >= 15 is 0 Å². The molecule has 0 bridgehead atoms. The second kappa shape index (κ2) is 5.73. The minimum Gasteiger partial charge on any atom is -0.298 e. The summed E-state index contributed by atoms with van der Waals surface area (Å²) in [5, 5.41) is 3.30. The number of benzene rings is 1. The number of aromatic nitrogens is 1. The third kappa shape index (κ3) is 3.22. The molecule has 1 aromatic carbocycles. The van der Waals surface area contributed by atoms with Gasteiger partial charge in [0.2, 0.25) is 0 Å². The summed E-state index contributed by atoms with van der Waals surface area (Å²) in [6.07, 6.45) is 1.30. The van der Waals surface area contributed by atoms with Crippen molar-refractivity contribution in [2.75, 3.05) is 5.32 Å². The van der Waals surface area contributed by atoms with Gasteiger partial charge in [0.15, 0.2) is 10.9 Å². The fraction of sp³-hybridized carbons (Fsp3) is 0.312. The molecular weight excluding hydrogens is 411 g/mol. The number of carbonyl (C=O) groups is 2. The molecule has 0 atom stereocenters. The molecule has 1 N–H and O–H groups in total. The van der Waals surface area contributed by atoms with Crippen molar-refractivity contribution in [3.63, 3.8) is 0 Å². The van der Waals surface area contributed by atoms with E-state index in [1.165, 1.54) is 11.3 Å². The summed E-state index contributed by atoms with van der Waals surface area (Å²) in [6.45, 7) is 4.13. The molecular formula is C16H15IN2O2S. The van der Waals surface area contributed by atoms with Gasteiger partial charge in [0.05, 0.1) is 10.6 Å². The highest BCUT2D eigenvalue weighted by atomic mass is 127. The predicted octanol–water partition coefficient (Wildman–Crippen LogP) is 4.16. The molecule has 1 aliphatic rings. The molecule has 2 aromatic rings. The van der Waals surface area contributed by atoms with Crippen LogP contribution in [0.25, 0.3) is 0 Å². The summed E-state index contributed by atoms with van der Waals surface area (Å²) in [5.41, 5.74) is 1.34. The summed E-state index contributed by atoms with van der Waals surface area (Å²) in [7, 11) is 0.